The topological polar surface area (TPSA) is 36.1 Å². The Balaban J connectivity index is 1.52. The van der Waals surface area contributed by atoms with Crippen LogP contribution in [0.5, 0.6) is 0 Å². The van der Waals surface area contributed by atoms with Crippen LogP contribution in [0.25, 0.3) is 10.9 Å². The van der Waals surface area contributed by atoms with Gasteiger partial charge < -0.3 is 9.88 Å². The Labute approximate surface area is 136 Å². The van der Waals surface area contributed by atoms with Crippen molar-refractivity contribution in [3.63, 3.8) is 0 Å². The Kier molecular flexibility index (Phi) is 4.77. The van der Waals surface area contributed by atoms with E-state index in [9.17, 15) is 4.79 Å². The van der Waals surface area contributed by atoms with Crippen LogP contribution in [-0.2, 0) is 17.6 Å². The molecule has 118 valence electrons. The van der Waals surface area contributed by atoms with Crippen LogP contribution in [0.15, 0.2) is 60.8 Å². The third-order valence-electron chi connectivity index (χ3n) is 4.29. The highest BCUT2D eigenvalue weighted by Crippen LogP contribution is 2.18. The Hall–Kier alpha value is -2.55. The Bertz CT molecular complexity index is 776. The fourth-order valence-corrected chi connectivity index (χ4v) is 2.84. The van der Waals surface area contributed by atoms with E-state index in [1.807, 2.05) is 42.4 Å². The molecule has 0 aliphatic rings. The number of hydrogen-bond donors (Lipinski definition) is 1. The van der Waals surface area contributed by atoms with E-state index in [1.165, 1.54) is 16.5 Å². The molecule has 0 radical (unpaired) electrons. The van der Waals surface area contributed by atoms with Gasteiger partial charge in [-0.15, -0.1) is 0 Å². The van der Waals surface area contributed by atoms with Gasteiger partial charge in [-0.3, -0.25) is 4.79 Å². The van der Waals surface area contributed by atoms with Gasteiger partial charge in [0, 0.05) is 37.1 Å². The van der Waals surface area contributed by atoms with E-state index in [2.05, 4.69) is 35.3 Å². The molecule has 1 N–H and O–H groups in total. The second-order valence-electron chi connectivity index (χ2n) is 5.91. The molecule has 3 aromatic rings. The van der Waals surface area contributed by atoms with E-state index in [1.54, 1.807) is 0 Å². The molecule has 0 atom stereocenters. The van der Waals surface area contributed by atoms with Gasteiger partial charge in [0.15, 0.2) is 0 Å². The maximum Gasteiger partial charge on any atom is 0.222 e. The molecule has 3 rings (SSSR count). The Morgan fingerprint density at radius 3 is 2.57 bits per heavy atom. The molecule has 0 aliphatic carbocycles. The van der Waals surface area contributed by atoms with Gasteiger partial charge in [0.25, 0.3) is 0 Å². The number of rotatable bonds is 6. The molecule has 1 amide bonds. The van der Waals surface area contributed by atoms with Crippen LogP contribution >= 0.6 is 0 Å². The maximum atomic E-state index is 12.3. The van der Waals surface area contributed by atoms with Crippen molar-refractivity contribution in [1.82, 2.24) is 9.88 Å². The molecule has 1 aromatic heterocycles. The summed E-state index contributed by atoms with van der Waals surface area (Å²) in [6.45, 7) is 0.746. The van der Waals surface area contributed by atoms with Crippen molar-refractivity contribution in [1.29, 1.82) is 0 Å². The lowest BCUT2D eigenvalue weighted by molar-refractivity contribution is -0.129. The predicted octanol–water partition coefficient (Wildman–Crippen LogP) is 3.80. The lowest BCUT2D eigenvalue weighted by atomic mass is 10.1. The van der Waals surface area contributed by atoms with Gasteiger partial charge in [0.1, 0.15) is 0 Å². The minimum Gasteiger partial charge on any atom is -0.361 e. The second-order valence-corrected chi connectivity index (χ2v) is 5.91. The molecule has 3 nitrogen and oxygen atoms in total. The number of nitrogens with one attached hydrogen (secondary N) is 1. The summed E-state index contributed by atoms with van der Waals surface area (Å²) < 4.78 is 0. The molecule has 0 saturated carbocycles. The largest absolute Gasteiger partial charge is 0.361 e. The van der Waals surface area contributed by atoms with Crippen LogP contribution < -0.4 is 0 Å². The van der Waals surface area contributed by atoms with Crippen LogP contribution in [-0.4, -0.2) is 29.4 Å². The van der Waals surface area contributed by atoms with Crippen molar-refractivity contribution in [3.05, 3.63) is 71.9 Å². The number of aromatic amines is 1. The number of carbonyl (C=O) groups excluding carboxylic acids is 1. The van der Waals surface area contributed by atoms with Crippen LogP contribution in [0.2, 0.25) is 0 Å². The fraction of sp³-hybridized carbons (Fsp3) is 0.250. The summed E-state index contributed by atoms with van der Waals surface area (Å²) in [5, 5.41) is 1.25. The summed E-state index contributed by atoms with van der Waals surface area (Å²) >= 11 is 0. The molecule has 0 saturated heterocycles. The molecule has 0 aliphatic heterocycles. The SMILES string of the molecule is CN(CCc1c[nH]c2ccccc12)C(=O)CCc1ccccc1. The second kappa shape index (κ2) is 7.14. The summed E-state index contributed by atoms with van der Waals surface area (Å²) in [6.07, 6.45) is 4.29. The fourth-order valence-electron chi connectivity index (χ4n) is 2.84. The number of amides is 1. The first kappa shape index (κ1) is 15.3. The smallest absolute Gasteiger partial charge is 0.222 e. The summed E-state index contributed by atoms with van der Waals surface area (Å²) in [4.78, 5) is 17.4. The molecule has 0 unspecified atom stereocenters. The quantitative estimate of drug-likeness (QED) is 0.739. The van der Waals surface area contributed by atoms with Gasteiger partial charge in [-0.25, -0.2) is 0 Å². The predicted molar refractivity (Wildman–Crippen MR) is 94.4 cm³/mol. The number of carbonyl (C=O) groups is 1. The van der Waals surface area contributed by atoms with Gasteiger partial charge in [0.05, 0.1) is 0 Å². The number of para-hydroxylation sites is 1. The molecule has 1 heterocycles. The van der Waals surface area contributed by atoms with Crippen molar-refractivity contribution >= 4 is 16.8 Å². The van der Waals surface area contributed by atoms with E-state index >= 15 is 0 Å². The van der Waals surface area contributed by atoms with Crippen LogP contribution in [0, 0.1) is 0 Å². The Morgan fingerprint density at radius 2 is 1.74 bits per heavy atom. The number of fused-ring (bicyclic) bond motifs is 1. The van der Waals surface area contributed by atoms with Crippen molar-refractivity contribution in [2.45, 2.75) is 19.3 Å². The first-order valence-electron chi connectivity index (χ1n) is 8.07. The molecular formula is C20H22N2O. The first-order chi connectivity index (χ1) is 11.2. The van der Waals surface area contributed by atoms with E-state index in [-0.39, 0.29) is 5.91 Å². The minimum atomic E-state index is 0.202. The molecule has 23 heavy (non-hydrogen) atoms. The van der Waals surface area contributed by atoms with E-state index in [4.69, 9.17) is 0 Å². The van der Waals surface area contributed by atoms with Crippen molar-refractivity contribution in [2.75, 3.05) is 13.6 Å². The highest BCUT2D eigenvalue weighted by atomic mass is 16.2. The van der Waals surface area contributed by atoms with Crippen LogP contribution in [0.1, 0.15) is 17.5 Å². The summed E-state index contributed by atoms with van der Waals surface area (Å²) in [5.41, 5.74) is 3.63. The van der Waals surface area contributed by atoms with Crippen molar-refractivity contribution in [3.8, 4) is 0 Å². The zero-order chi connectivity index (χ0) is 16.1. The standard InChI is InChI=1S/C20H22N2O/c1-22(20(23)12-11-16-7-3-2-4-8-16)14-13-17-15-21-19-10-6-5-9-18(17)19/h2-10,15,21H,11-14H2,1H3. The number of likely N-dealkylation sites (N-methyl/N-ethyl adjacent to an activating group) is 1. The van der Waals surface area contributed by atoms with E-state index in [0.717, 1.165) is 24.9 Å². The third kappa shape index (κ3) is 3.81. The number of nitrogens with zero attached hydrogens (tertiary/aromatic N) is 1. The Morgan fingerprint density at radius 1 is 1.00 bits per heavy atom. The van der Waals surface area contributed by atoms with Crippen LogP contribution in [0.4, 0.5) is 0 Å². The average molecular weight is 306 g/mol. The minimum absolute atomic E-state index is 0.202. The lowest BCUT2D eigenvalue weighted by Crippen LogP contribution is -2.28. The summed E-state index contributed by atoms with van der Waals surface area (Å²) in [7, 11) is 1.89. The highest BCUT2D eigenvalue weighted by molar-refractivity contribution is 5.83. The number of H-pyrrole nitrogens is 1. The molecule has 2 aromatic carbocycles. The zero-order valence-electron chi connectivity index (χ0n) is 13.5. The molecule has 0 bridgehead atoms. The summed E-state index contributed by atoms with van der Waals surface area (Å²) in [5.74, 6) is 0.202. The van der Waals surface area contributed by atoms with Gasteiger partial charge in [-0.1, -0.05) is 48.5 Å². The van der Waals surface area contributed by atoms with Gasteiger partial charge in [0.2, 0.25) is 5.91 Å². The van der Waals surface area contributed by atoms with Gasteiger partial charge >= 0.3 is 0 Å². The average Bonchev–Trinajstić information content (AvgIpc) is 3.01. The number of aryl methyl sites for hydroxylation is 1. The highest BCUT2D eigenvalue weighted by Gasteiger charge is 2.10. The van der Waals surface area contributed by atoms with Gasteiger partial charge in [-0.05, 0) is 30.0 Å². The number of benzene rings is 2. The zero-order valence-corrected chi connectivity index (χ0v) is 13.5. The lowest BCUT2D eigenvalue weighted by Gasteiger charge is -2.17. The van der Waals surface area contributed by atoms with Crippen molar-refractivity contribution < 1.29 is 4.79 Å². The monoisotopic (exact) mass is 306 g/mol. The first-order valence-corrected chi connectivity index (χ1v) is 8.07. The molecule has 0 spiro atoms. The molecule has 3 heteroatoms. The number of aromatic nitrogens is 1. The van der Waals surface area contributed by atoms with Crippen molar-refractivity contribution in [2.24, 2.45) is 0 Å². The van der Waals surface area contributed by atoms with E-state index in [0.29, 0.717) is 6.42 Å². The van der Waals surface area contributed by atoms with E-state index < -0.39 is 0 Å². The maximum absolute atomic E-state index is 12.3. The van der Waals surface area contributed by atoms with Crippen LogP contribution in [0.3, 0.4) is 0 Å². The van der Waals surface area contributed by atoms with Gasteiger partial charge in [-0.2, -0.15) is 0 Å². The molecular weight excluding hydrogens is 284 g/mol. The molecule has 0 fully saturated rings. The summed E-state index contributed by atoms with van der Waals surface area (Å²) in [6, 6.07) is 18.4. The third-order valence-corrected chi connectivity index (χ3v) is 4.29. The number of hydrogen-bond acceptors (Lipinski definition) is 1. The normalized spacial score (nSPS) is 10.8.